The lowest BCUT2D eigenvalue weighted by Crippen LogP contribution is -1.99. The van der Waals surface area contributed by atoms with Crippen molar-refractivity contribution >= 4 is 23.7 Å². The number of imidazole rings is 1. The molecule has 3 rings (SSSR count). The van der Waals surface area contributed by atoms with E-state index in [1.165, 1.54) is 5.56 Å². The lowest BCUT2D eigenvalue weighted by molar-refractivity contribution is 0.714. The maximum atomic E-state index is 4.39. The molecule has 0 aliphatic heterocycles. The van der Waals surface area contributed by atoms with E-state index in [4.69, 9.17) is 0 Å². The van der Waals surface area contributed by atoms with E-state index in [9.17, 15) is 0 Å². The lowest BCUT2D eigenvalue weighted by atomic mass is 10.2. The van der Waals surface area contributed by atoms with Gasteiger partial charge < -0.3 is 4.57 Å². The number of hydrogen-bond acceptors (Lipinski definition) is 3. The minimum atomic E-state index is 0.911. The van der Waals surface area contributed by atoms with Crippen molar-refractivity contribution in [3.05, 3.63) is 54.6 Å². The van der Waals surface area contributed by atoms with Crippen LogP contribution in [0.2, 0.25) is 0 Å². The quantitative estimate of drug-likeness (QED) is 0.729. The fraction of sp³-hybridized carbons (Fsp3) is 0.143. The van der Waals surface area contributed by atoms with Crippen molar-refractivity contribution in [2.24, 2.45) is 0 Å². The van der Waals surface area contributed by atoms with E-state index in [-0.39, 0.29) is 0 Å². The van der Waals surface area contributed by atoms with Gasteiger partial charge >= 0.3 is 0 Å². The van der Waals surface area contributed by atoms with Crippen molar-refractivity contribution in [3.8, 4) is 0 Å². The molecule has 3 aromatic rings. The number of fused-ring (bicyclic) bond motifs is 1. The van der Waals surface area contributed by atoms with Crippen LogP contribution in [0.1, 0.15) is 5.56 Å². The van der Waals surface area contributed by atoms with Gasteiger partial charge in [0.1, 0.15) is 0 Å². The van der Waals surface area contributed by atoms with Gasteiger partial charge in [0.2, 0.25) is 0 Å². The third-order valence-corrected chi connectivity index (χ3v) is 3.25. The second-order valence-corrected chi connectivity index (χ2v) is 4.74. The van der Waals surface area contributed by atoms with Crippen LogP contribution >= 0.6 is 12.6 Å². The first kappa shape index (κ1) is 11.3. The summed E-state index contributed by atoms with van der Waals surface area (Å²) in [4.78, 5) is 9.46. The summed E-state index contributed by atoms with van der Waals surface area (Å²) >= 11 is 4.32. The number of thiol groups is 1. The number of nitrogens with zero attached hydrogens (tertiary/aromatic N) is 3. The molecule has 0 amide bonds. The summed E-state index contributed by atoms with van der Waals surface area (Å²) in [5.74, 6) is 0. The van der Waals surface area contributed by atoms with Crippen LogP contribution in [-0.2, 0) is 13.0 Å². The van der Waals surface area contributed by atoms with Crippen molar-refractivity contribution in [2.45, 2.75) is 17.9 Å². The Balaban J connectivity index is 1.83. The Morgan fingerprint density at radius 3 is 3.00 bits per heavy atom. The van der Waals surface area contributed by atoms with Gasteiger partial charge in [0.05, 0.1) is 17.4 Å². The zero-order chi connectivity index (χ0) is 12.4. The molecule has 18 heavy (non-hydrogen) atoms. The molecule has 0 radical (unpaired) electrons. The highest BCUT2D eigenvalue weighted by molar-refractivity contribution is 7.80. The summed E-state index contributed by atoms with van der Waals surface area (Å²) in [7, 11) is 0. The van der Waals surface area contributed by atoms with Crippen molar-refractivity contribution < 1.29 is 0 Å². The molecule has 0 bridgehead atoms. The maximum absolute atomic E-state index is 4.39. The third kappa shape index (κ3) is 2.24. The molecule has 90 valence electrons. The Bertz CT molecular complexity index is 661. The van der Waals surface area contributed by atoms with Gasteiger partial charge in [-0.1, -0.05) is 6.07 Å². The summed E-state index contributed by atoms with van der Waals surface area (Å²) in [6.07, 6.45) is 6.55. The minimum absolute atomic E-state index is 0.911. The molecule has 0 N–H and O–H groups in total. The fourth-order valence-electron chi connectivity index (χ4n) is 2.03. The fourth-order valence-corrected chi connectivity index (χ4v) is 2.22. The number of aromatic nitrogens is 3. The Hall–Kier alpha value is -1.81. The zero-order valence-corrected chi connectivity index (χ0v) is 10.7. The maximum Gasteiger partial charge on any atom is 0.0958 e. The van der Waals surface area contributed by atoms with Crippen LogP contribution < -0.4 is 0 Å². The van der Waals surface area contributed by atoms with Gasteiger partial charge in [-0.3, -0.25) is 4.98 Å². The first-order valence-corrected chi connectivity index (χ1v) is 6.30. The highest BCUT2D eigenvalue weighted by Gasteiger charge is 2.02. The molecule has 0 aliphatic carbocycles. The summed E-state index contributed by atoms with van der Waals surface area (Å²) in [6.45, 7) is 0.911. The second-order valence-electron chi connectivity index (χ2n) is 4.22. The Morgan fingerprint density at radius 2 is 2.17 bits per heavy atom. The van der Waals surface area contributed by atoms with Gasteiger partial charge in [0.15, 0.2) is 0 Å². The average Bonchev–Trinajstić information content (AvgIpc) is 2.80. The predicted molar refractivity (Wildman–Crippen MR) is 74.9 cm³/mol. The molecular formula is C14H13N3S. The normalized spacial score (nSPS) is 10.9. The standard InChI is InChI=1S/C14H13N3S/c18-12-3-4-14-13(8-12)16-10-17(14)7-5-11-2-1-6-15-9-11/h1-4,6,8-10,18H,5,7H2. The van der Waals surface area contributed by atoms with Gasteiger partial charge in [0.25, 0.3) is 0 Å². The van der Waals surface area contributed by atoms with E-state index in [2.05, 4.69) is 39.3 Å². The Morgan fingerprint density at radius 1 is 1.22 bits per heavy atom. The van der Waals surface area contributed by atoms with Crippen LogP contribution in [0, 0.1) is 0 Å². The molecule has 0 spiro atoms. The molecule has 3 nitrogen and oxygen atoms in total. The molecule has 0 unspecified atom stereocenters. The van der Waals surface area contributed by atoms with E-state index < -0.39 is 0 Å². The largest absolute Gasteiger partial charge is 0.330 e. The van der Waals surface area contributed by atoms with Crippen molar-refractivity contribution in [2.75, 3.05) is 0 Å². The summed E-state index contributed by atoms with van der Waals surface area (Å²) in [6, 6.07) is 10.1. The lowest BCUT2D eigenvalue weighted by Gasteiger charge is -2.04. The monoisotopic (exact) mass is 255 g/mol. The molecule has 2 heterocycles. The molecule has 0 saturated carbocycles. The van der Waals surface area contributed by atoms with E-state index in [0.717, 1.165) is 28.9 Å². The van der Waals surface area contributed by atoms with Gasteiger partial charge in [-0.2, -0.15) is 0 Å². The summed E-state index contributed by atoms with van der Waals surface area (Å²) < 4.78 is 2.16. The van der Waals surface area contributed by atoms with E-state index in [0.29, 0.717) is 0 Å². The number of rotatable bonds is 3. The molecule has 0 saturated heterocycles. The Kier molecular flexibility index (Phi) is 3.02. The van der Waals surface area contributed by atoms with Gasteiger partial charge in [-0.25, -0.2) is 4.98 Å². The van der Waals surface area contributed by atoms with E-state index in [1.54, 1.807) is 6.20 Å². The summed E-state index contributed by atoms with van der Waals surface area (Å²) in [5, 5.41) is 0. The van der Waals surface area contributed by atoms with Crippen LogP contribution in [-0.4, -0.2) is 14.5 Å². The number of benzene rings is 1. The molecule has 0 aliphatic rings. The van der Waals surface area contributed by atoms with Gasteiger partial charge in [-0.05, 0) is 36.2 Å². The minimum Gasteiger partial charge on any atom is -0.330 e. The average molecular weight is 255 g/mol. The number of hydrogen-bond donors (Lipinski definition) is 1. The van der Waals surface area contributed by atoms with Crippen LogP contribution in [0.3, 0.4) is 0 Å². The zero-order valence-electron chi connectivity index (χ0n) is 9.82. The number of pyridine rings is 1. The van der Waals surface area contributed by atoms with Crippen LogP contribution in [0.4, 0.5) is 0 Å². The second kappa shape index (κ2) is 4.82. The van der Waals surface area contributed by atoms with Crippen LogP contribution in [0.15, 0.2) is 53.9 Å². The highest BCUT2D eigenvalue weighted by Crippen LogP contribution is 2.17. The Labute approximate surface area is 111 Å². The predicted octanol–water partition coefficient (Wildman–Crippen LogP) is 2.96. The van der Waals surface area contributed by atoms with Crippen molar-refractivity contribution in [1.82, 2.24) is 14.5 Å². The first-order valence-electron chi connectivity index (χ1n) is 5.86. The highest BCUT2D eigenvalue weighted by atomic mass is 32.1. The molecule has 4 heteroatoms. The molecular weight excluding hydrogens is 242 g/mol. The summed E-state index contributed by atoms with van der Waals surface area (Å²) in [5.41, 5.74) is 3.38. The molecule has 1 aromatic carbocycles. The topological polar surface area (TPSA) is 30.7 Å². The van der Waals surface area contributed by atoms with Crippen LogP contribution in [0.25, 0.3) is 11.0 Å². The SMILES string of the molecule is Sc1ccc2c(c1)ncn2CCc1cccnc1. The molecule has 0 fully saturated rings. The molecule has 2 aromatic heterocycles. The molecule has 0 atom stereocenters. The third-order valence-electron chi connectivity index (χ3n) is 2.97. The number of aryl methyl sites for hydroxylation is 2. The first-order chi connectivity index (χ1) is 8.83. The van der Waals surface area contributed by atoms with Gasteiger partial charge in [0, 0.05) is 23.8 Å². The van der Waals surface area contributed by atoms with Crippen LogP contribution in [0.5, 0.6) is 0 Å². The van der Waals surface area contributed by atoms with E-state index in [1.807, 2.05) is 30.7 Å². The van der Waals surface area contributed by atoms with Crippen molar-refractivity contribution in [3.63, 3.8) is 0 Å². The van der Waals surface area contributed by atoms with Crippen molar-refractivity contribution in [1.29, 1.82) is 0 Å². The smallest absolute Gasteiger partial charge is 0.0958 e. The van der Waals surface area contributed by atoms with Gasteiger partial charge in [-0.15, -0.1) is 12.6 Å². The van der Waals surface area contributed by atoms with E-state index >= 15 is 0 Å².